The first-order valence-corrected chi connectivity index (χ1v) is 3.19. The summed E-state index contributed by atoms with van der Waals surface area (Å²) in [4.78, 5) is 0. The molecule has 0 aliphatic carbocycles. The van der Waals surface area contributed by atoms with E-state index in [1.54, 1.807) is 6.08 Å². The standard InChI is InChI=1S/C8H14N2/c1-3-7(4-2)5-8(10)6-9/h3-5H,1,6,9-10H2,2H3/b7-4-,8-5-. The van der Waals surface area contributed by atoms with Gasteiger partial charge in [-0.05, 0) is 18.6 Å². The second-order valence-corrected chi connectivity index (χ2v) is 1.92. The van der Waals surface area contributed by atoms with Crippen LogP contribution in [0.3, 0.4) is 0 Å². The zero-order valence-electron chi connectivity index (χ0n) is 6.30. The lowest BCUT2D eigenvalue weighted by Gasteiger charge is -1.95. The Bertz CT molecular complexity index is 166. The van der Waals surface area contributed by atoms with Crippen LogP contribution in [0.1, 0.15) is 6.92 Å². The third-order valence-electron chi connectivity index (χ3n) is 1.16. The molecule has 56 valence electrons. The summed E-state index contributed by atoms with van der Waals surface area (Å²) in [6.45, 7) is 5.93. The molecular formula is C8H14N2. The molecule has 0 aliphatic rings. The third kappa shape index (κ3) is 3.10. The van der Waals surface area contributed by atoms with E-state index in [9.17, 15) is 0 Å². The Labute approximate surface area is 61.9 Å². The molecule has 0 radical (unpaired) electrons. The number of hydrogen-bond donors (Lipinski definition) is 2. The third-order valence-corrected chi connectivity index (χ3v) is 1.16. The van der Waals surface area contributed by atoms with Gasteiger partial charge in [-0.2, -0.15) is 0 Å². The summed E-state index contributed by atoms with van der Waals surface area (Å²) >= 11 is 0. The van der Waals surface area contributed by atoms with Crippen molar-refractivity contribution in [3.63, 3.8) is 0 Å². The first-order valence-electron chi connectivity index (χ1n) is 3.19. The lowest BCUT2D eigenvalue weighted by Crippen LogP contribution is -2.10. The average molecular weight is 138 g/mol. The van der Waals surface area contributed by atoms with Crippen molar-refractivity contribution in [1.29, 1.82) is 0 Å². The molecule has 2 nitrogen and oxygen atoms in total. The molecule has 0 unspecified atom stereocenters. The minimum Gasteiger partial charge on any atom is -0.401 e. The molecule has 0 fully saturated rings. The highest BCUT2D eigenvalue weighted by molar-refractivity contribution is 5.30. The van der Waals surface area contributed by atoms with Crippen LogP contribution in [0.2, 0.25) is 0 Å². The Balaban J connectivity index is 4.22. The molecule has 0 aromatic rings. The molecule has 0 atom stereocenters. The van der Waals surface area contributed by atoms with Crippen LogP contribution < -0.4 is 11.5 Å². The second-order valence-electron chi connectivity index (χ2n) is 1.92. The number of nitrogens with two attached hydrogens (primary N) is 2. The first kappa shape index (κ1) is 8.98. The number of hydrogen-bond acceptors (Lipinski definition) is 2. The quantitative estimate of drug-likeness (QED) is 0.570. The van der Waals surface area contributed by atoms with E-state index in [-0.39, 0.29) is 0 Å². The molecular weight excluding hydrogens is 124 g/mol. The monoisotopic (exact) mass is 138 g/mol. The molecule has 0 saturated heterocycles. The van der Waals surface area contributed by atoms with Gasteiger partial charge in [0.1, 0.15) is 0 Å². The Morgan fingerprint density at radius 1 is 1.60 bits per heavy atom. The highest BCUT2D eigenvalue weighted by Crippen LogP contribution is 1.98. The molecule has 0 aliphatic heterocycles. The lowest BCUT2D eigenvalue weighted by atomic mass is 10.2. The fraction of sp³-hybridized carbons (Fsp3) is 0.250. The van der Waals surface area contributed by atoms with E-state index in [4.69, 9.17) is 11.5 Å². The van der Waals surface area contributed by atoms with Gasteiger partial charge >= 0.3 is 0 Å². The van der Waals surface area contributed by atoms with E-state index in [0.29, 0.717) is 12.2 Å². The topological polar surface area (TPSA) is 52.0 Å². The summed E-state index contributed by atoms with van der Waals surface area (Å²) in [5.74, 6) is 0. The molecule has 2 heteroatoms. The zero-order valence-corrected chi connectivity index (χ0v) is 6.30. The maximum absolute atomic E-state index is 5.47. The molecule has 0 aromatic carbocycles. The van der Waals surface area contributed by atoms with Crippen molar-refractivity contribution in [2.45, 2.75) is 6.92 Å². The van der Waals surface area contributed by atoms with Gasteiger partial charge in [0, 0.05) is 12.2 Å². The van der Waals surface area contributed by atoms with Crippen molar-refractivity contribution in [3.05, 3.63) is 36.1 Å². The predicted molar refractivity (Wildman–Crippen MR) is 45.3 cm³/mol. The summed E-state index contributed by atoms with van der Waals surface area (Å²) in [7, 11) is 0. The number of rotatable bonds is 3. The van der Waals surface area contributed by atoms with Crippen LogP contribution in [0, 0.1) is 0 Å². The van der Waals surface area contributed by atoms with Gasteiger partial charge in [0.25, 0.3) is 0 Å². The summed E-state index contributed by atoms with van der Waals surface area (Å²) in [5.41, 5.74) is 12.4. The predicted octanol–water partition coefficient (Wildman–Crippen LogP) is 0.920. The Morgan fingerprint density at radius 3 is 2.50 bits per heavy atom. The van der Waals surface area contributed by atoms with Crippen LogP contribution >= 0.6 is 0 Å². The molecule has 4 N–H and O–H groups in total. The van der Waals surface area contributed by atoms with Gasteiger partial charge < -0.3 is 11.5 Å². The van der Waals surface area contributed by atoms with Gasteiger partial charge in [0.15, 0.2) is 0 Å². The van der Waals surface area contributed by atoms with E-state index >= 15 is 0 Å². The van der Waals surface area contributed by atoms with Gasteiger partial charge in [0.05, 0.1) is 0 Å². The second kappa shape index (κ2) is 4.82. The Morgan fingerprint density at radius 2 is 2.20 bits per heavy atom. The molecule has 0 bridgehead atoms. The number of allylic oxidation sites excluding steroid dienone is 4. The first-order chi connectivity index (χ1) is 4.74. The molecule has 0 rings (SSSR count). The van der Waals surface area contributed by atoms with Gasteiger partial charge in [0.2, 0.25) is 0 Å². The highest BCUT2D eigenvalue weighted by atomic mass is 14.7. The van der Waals surface area contributed by atoms with Crippen molar-refractivity contribution in [1.82, 2.24) is 0 Å². The fourth-order valence-corrected chi connectivity index (χ4v) is 0.533. The van der Waals surface area contributed by atoms with Crippen LogP contribution in [0.25, 0.3) is 0 Å². The molecule has 0 aromatic heterocycles. The van der Waals surface area contributed by atoms with Gasteiger partial charge in [-0.3, -0.25) is 0 Å². The van der Waals surface area contributed by atoms with E-state index in [0.717, 1.165) is 5.57 Å². The SMILES string of the molecule is C=CC(=C/C)/C=C(\N)CN. The summed E-state index contributed by atoms with van der Waals surface area (Å²) in [5, 5.41) is 0. The van der Waals surface area contributed by atoms with Crippen LogP contribution in [0.4, 0.5) is 0 Å². The molecule has 0 amide bonds. The van der Waals surface area contributed by atoms with Crippen molar-refractivity contribution >= 4 is 0 Å². The van der Waals surface area contributed by atoms with Crippen LogP contribution in [-0.4, -0.2) is 6.54 Å². The normalized spacial score (nSPS) is 13.4. The van der Waals surface area contributed by atoms with Crippen LogP contribution in [-0.2, 0) is 0 Å². The molecule has 0 heterocycles. The maximum Gasteiger partial charge on any atom is 0.0326 e. The van der Waals surface area contributed by atoms with E-state index in [2.05, 4.69) is 6.58 Å². The Hall–Kier alpha value is -1.02. The van der Waals surface area contributed by atoms with Crippen molar-refractivity contribution in [2.75, 3.05) is 6.54 Å². The van der Waals surface area contributed by atoms with Gasteiger partial charge in [-0.15, -0.1) is 0 Å². The summed E-state index contributed by atoms with van der Waals surface area (Å²) in [6.07, 6.45) is 5.48. The molecule has 10 heavy (non-hydrogen) atoms. The average Bonchev–Trinajstić information content (AvgIpc) is 1.99. The molecule has 0 spiro atoms. The zero-order chi connectivity index (χ0) is 7.98. The minimum absolute atomic E-state index is 0.394. The van der Waals surface area contributed by atoms with Crippen LogP contribution in [0.15, 0.2) is 36.1 Å². The summed E-state index contributed by atoms with van der Waals surface area (Å²) < 4.78 is 0. The van der Waals surface area contributed by atoms with E-state index < -0.39 is 0 Å². The highest BCUT2D eigenvalue weighted by Gasteiger charge is 1.85. The minimum atomic E-state index is 0.394. The van der Waals surface area contributed by atoms with Gasteiger partial charge in [-0.1, -0.05) is 18.7 Å². The van der Waals surface area contributed by atoms with E-state index in [1.807, 2.05) is 19.1 Å². The Kier molecular flexibility index (Phi) is 4.33. The van der Waals surface area contributed by atoms with Gasteiger partial charge in [-0.25, -0.2) is 0 Å². The maximum atomic E-state index is 5.47. The largest absolute Gasteiger partial charge is 0.401 e. The summed E-state index contributed by atoms with van der Waals surface area (Å²) in [6, 6.07) is 0. The smallest absolute Gasteiger partial charge is 0.0326 e. The van der Waals surface area contributed by atoms with Crippen molar-refractivity contribution < 1.29 is 0 Å². The van der Waals surface area contributed by atoms with Crippen LogP contribution in [0.5, 0.6) is 0 Å². The molecule has 0 saturated carbocycles. The van der Waals surface area contributed by atoms with Crippen molar-refractivity contribution in [3.8, 4) is 0 Å². The van der Waals surface area contributed by atoms with Crippen molar-refractivity contribution in [2.24, 2.45) is 11.5 Å². The lowest BCUT2D eigenvalue weighted by molar-refractivity contribution is 1.10. The fourth-order valence-electron chi connectivity index (χ4n) is 0.533. The van der Waals surface area contributed by atoms with E-state index in [1.165, 1.54) is 0 Å².